The molecule has 0 unspecified atom stereocenters. The number of primary amides is 1. The fourth-order valence-corrected chi connectivity index (χ4v) is 1.94. The van der Waals surface area contributed by atoms with Gasteiger partial charge in [0.15, 0.2) is 0 Å². The van der Waals surface area contributed by atoms with Crippen molar-refractivity contribution in [3.05, 3.63) is 34.9 Å². The second kappa shape index (κ2) is 4.96. The van der Waals surface area contributed by atoms with Gasteiger partial charge in [-0.3, -0.25) is 9.59 Å². The third-order valence-corrected chi connectivity index (χ3v) is 3.01. The van der Waals surface area contributed by atoms with E-state index in [1.54, 1.807) is 24.3 Å². The highest BCUT2D eigenvalue weighted by Gasteiger charge is 2.41. The molecule has 5 nitrogen and oxygen atoms in total. The number of nitrogens with one attached hydrogen (secondary N) is 1. The molecule has 6 heteroatoms. The first-order chi connectivity index (χ1) is 8.51. The molecule has 1 fully saturated rings. The first-order valence-corrected chi connectivity index (χ1v) is 5.83. The molecule has 0 saturated carbocycles. The lowest BCUT2D eigenvalue weighted by atomic mass is 9.92. The zero-order valence-electron chi connectivity index (χ0n) is 9.61. The first kappa shape index (κ1) is 12.9. The van der Waals surface area contributed by atoms with Gasteiger partial charge >= 0.3 is 0 Å². The number of nitrogens with two attached hydrogens (primary N) is 1. The van der Waals surface area contributed by atoms with Crippen LogP contribution in [0.3, 0.4) is 0 Å². The van der Waals surface area contributed by atoms with Crippen molar-refractivity contribution in [1.82, 2.24) is 5.32 Å². The highest BCUT2D eigenvalue weighted by molar-refractivity contribution is 6.30. The van der Waals surface area contributed by atoms with Crippen LogP contribution < -0.4 is 11.1 Å². The molecule has 1 aliphatic heterocycles. The van der Waals surface area contributed by atoms with E-state index >= 15 is 0 Å². The van der Waals surface area contributed by atoms with Crippen LogP contribution in [0, 0.1) is 0 Å². The number of hydrogen-bond donors (Lipinski definition) is 2. The summed E-state index contributed by atoms with van der Waals surface area (Å²) in [4.78, 5) is 23.0. The topological polar surface area (TPSA) is 81.4 Å². The maximum atomic E-state index is 12.0. The van der Waals surface area contributed by atoms with E-state index in [4.69, 9.17) is 22.1 Å². The van der Waals surface area contributed by atoms with Crippen LogP contribution >= 0.6 is 11.6 Å². The van der Waals surface area contributed by atoms with Crippen molar-refractivity contribution in [2.75, 3.05) is 13.2 Å². The fourth-order valence-electron chi connectivity index (χ4n) is 1.81. The molecule has 1 heterocycles. The van der Waals surface area contributed by atoms with Crippen molar-refractivity contribution in [2.45, 2.75) is 12.0 Å². The molecule has 1 aromatic carbocycles. The molecule has 1 aromatic rings. The van der Waals surface area contributed by atoms with Gasteiger partial charge in [0, 0.05) is 10.6 Å². The van der Waals surface area contributed by atoms with Gasteiger partial charge in [0.2, 0.25) is 5.91 Å². The molecular weight excluding hydrogens is 256 g/mol. The molecule has 0 atom stereocenters. The molecule has 0 radical (unpaired) electrons. The SMILES string of the molecule is NC(=O)CC1(NC(=O)c2ccc(Cl)cc2)COC1. The molecule has 0 aliphatic carbocycles. The number of halogens is 1. The van der Waals surface area contributed by atoms with E-state index in [0.29, 0.717) is 23.8 Å². The summed E-state index contributed by atoms with van der Waals surface area (Å²) >= 11 is 5.74. The smallest absolute Gasteiger partial charge is 0.251 e. The quantitative estimate of drug-likeness (QED) is 0.844. The van der Waals surface area contributed by atoms with Gasteiger partial charge in [0.1, 0.15) is 0 Å². The minimum Gasteiger partial charge on any atom is -0.376 e. The Kier molecular flexibility index (Phi) is 3.54. The molecule has 0 aromatic heterocycles. The molecular formula is C12H13ClN2O3. The van der Waals surface area contributed by atoms with E-state index in [1.165, 1.54) is 0 Å². The summed E-state index contributed by atoms with van der Waals surface area (Å²) in [5.74, 6) is -0.731. The standard InChI is InChI=1S/C12H13ClN2O3/c13-9-3-1-8(2-4-9)11(17)15-12(5-10(14)16)6-18-7-12/h1-4H,5-7H2,(H2,14,16)(H,15,17). The minimum atomic E-state index is -0.664. The summed E-state index contributed by atoms with van der Waals surface area (Å²) in [6, 6.07) is 6.51. The van der Waals surface area contributed by atoms with Crippen LogP contribution in [0.25, 0.3) is 0 Å². The highest BCUT2D eigenvalue weighted by atomic mass is 35.5. The van der Waals surface area contributed by atoms with Gasteiger partial charge in [-0.15, -0.1) is 0 Å². The molecule has 0 bridgehead atoms. The predicted octanol–water partition coefficient (Wildman–Crippen LogP) is 0.714. The number of carbonyl (C=O) groups is 2. The Labute approximate surface area is 109 Å². The van der Waals surface area contributed by atoms with Crippen molar-refractivity contribution in [2.24, 2.45) is 5.73 Å². The number of carbonyl (C=O) groups excluding carboxylic acids is 2. The van der Waals surface area contributed by atoms with E-state index < -0.39 is 11.4 Å². The second-order valence-electron chi connectivity index (χ2n) is 4.38. The third kappa shape index (κ3) is 2.80. The van der Waals surface area contributed by atoms with Gasteiger partial charge < -0.3 is 15.8 Å². The fraction of sp³-hybridized carbons (Fsp3) is 0.333. The van der Waals surface area contributed by atoms with Crippen LogP contribution in [0.4, 0.5) is 0 Å². The van der Waals surface area contributed by atoms with Gasteiger partial charge in [-0.1, -0.05) is 11.6 Å². The zero-order chi connectivity index (χ0) is 13.2. The normalized spacial score (nSPS) is 16.7. The van der Waals surface area contributed by atoms with Crippen LogP contribution in [0.1, 0.15) is 16.8 Å². The number of ether oxygens (including phenoxy) is 1. The van der Waals surface area contributed by atoms with Gasteiger partial charge in [0.05, 0.1) is 25.2 Å². The zero-order valence-corrected chi connectivity index (χ0v) is 10.4. The highest BCUT2D eigenvalue weighted by Crippen LogP contribution is 2.21. The molecule has 2 amide bonds. The monoisotopic (exact) mass is 268 g/mol. The lowest BCUT2D eigenvalue weighted by Crippen LogP contribution is -2.63. The number of rotatable bonds is 4. The van der Waals surface area contributed by atoms with E-state index in [9.17, 15) is 9.59 Å². The molecule has 1 saturated heterocycles. The molecule has 1 aliphatic rings. The Morgan fingerprint density at radius 3 is 2.39 bits per heavy atom. The van der Waals surface area contributed by atoms with Crippen molar-refractivity contribution >= 4 is 23.4 Å². The average molecular weight is 269 g/mol. The predicted molar refractivity (Wildman–Crippen MR) is 66.3 cm³/mol. The lowest BCUT2D eigenvalue weighted by molar-refractivity contribution is -0.127. The van der Waals surface area contributed by atoms with Crippen molar-refractivity contribution in [1.29, 1.82) is 0 Å². The molecule has 96 valence electrons. The summed E-state index contributed by atoms with van der Waals surface area (Å²) in [5, 5.41) is 3.35. The Morgan fingerprint density at radius 1 is 1.33 bits per heavy atom. The van der Waals surface area contributed by atoms with Gasteiger partial charge in [-0.2, -0.15) is 0 Å². The number of amides is 2. The number of hydrogen-bond acceptors (Lipinski definition) is 3. The van der Waals surface area contributed by atoms with Crippen LogP contribution in [0.15, 0.2) is 24.3 Å². The summed E-state index contributed by atoms with van der Waals surface area (Å²) in [5.41, 5.74) is 4.98. The van der Waals surface area contributed by atoms with E-state index in [-0.39, 0.29) is 12.3 Å². The molecule has 2 rings (SSSR count). The van der Waals surface area contributed by atoms with Crippen LogP contribution in [-0.4, -0.2) is 30.6 Å². The maximum absolute atomic E-state index is 12.0. The average Bonchev–Trinajstić information content (AvgIpc) is 2.26. The summed E-state index contributed by atoms with van der Waals surface area (Å²) in [6.45, 7) is 0.602. The van der Waals surface area contributed by atoms with E-state index in [0.717, 1.165) is 0 Å². The van der Waals surface area contributed by atoms with Crippen molar-refractivity contribution in [3.8, 4) is 0 Å². The summed E-state index contributed by atoms with van der Waals surface area (Å²) < 4.78 is 5.05. The van der Waals surface area contributed by atoms with E-state index in [1.807, 2.05) is 0 Å². The summed E-state index contributed by atoms with van der Waals surface area (Å²) in [6.07, 6.45) is 0.0757. The Bertz CT molecular complexity index is 469. The summed E-state index contributed by atoms with van der Waals surface area (Å²) in [7, 11) is 0. The second-order valence-corrected chi connectivity index (χ2v) is 4.81. The van der Waals surface area contributed by atoms with Crippen LogP contribution in [0.5, 0.6) is 0 Å². The molecule has 0 spiro atoms. The van der Waals surface area contributed by atoms with Crippen molar-refractivity contribution in [3.63, 3.8) is 0 Å². The van der Waals surface area contributed by atoms with Gasteiger partial charge in [0.25, 0.3) is 5.91 Å². The largest absolute Gasteiger partial charge is 0.376 e. The van der Waals surface area contributed by atoms with Crippen molar-refractivity contribution < 1.29 is 14.3 Å². The molecule has 3 N–H and O–H groups in total. The van der Waals surface area contributed by atoms with Crippen LogP contribution in [0.2, 0.25) is 5.02 Å². The maximum Gasteiger partial charge on any atom is 0.251 e. The van der Waals surface area contributed by atoms with E-state index in [2.05, 4.69) is 5.32 Å². The Hall–Kier alpha value is -1.59. The van der Waals surface area contributed by atoms with Gasteiger partial charge in [-0.25, -0.2) is 0 Å². The molecule has 18 heavy (non-hydrogen) atoms. The minimum absolute atomic E-state index is 0.0757. The third-order valence-electron chi connectivity index (χ3n) is 2.75. The Morgan fingerprint density at radius 2 is 1.94 bits per heavy atom. The Balaban J connectivity index is 2.06. The van der Waals surface area contributed by atoms with Gasteiger partial charge in [-0.05, 0) is 24.3 Å². The first-order valence-electron chi connectivity index (χ1n) is 5.45. The lowest BCUT2D eigenvalue weighted by Gasteiger charge is -2.41. The number of benzene rings is 1. The van der Waals surface area contributed by atoms with Crippen LogP contribution in [-0.2, 0) is 9.53 Å².